The van der Waals surface area contributed by atoms with Crippen molar-refractivity contribution < 1.29 is 23.9 Å². The summed E-state index contributed by atoms with van der Waals surface area (Å²) in [5.41, 5.74) is 1.39. The molecule has 3 rings (SSSR count). The summed E-state index contributed by atoms with van der Waals surface area (Å²) in [6, 6.07) is 13.1. The molecule has 0 saturated heterocycles. The van der Waals surface area contributed by atoms with E-state index in [0.29, 0.717) is 23.9 Å². The predicted molar refractivity (Wildman–Crippen MR) is 108 cm³/mol. The minimum absolute atomic E-state index is 0.0366. The molecule has 0 radical (unpaired) electrons. The summed E-state index contributed by atoms with van der Waals surface area (Å²) < 4.78 is 15.5. The number of aromatic nitrogens is 3. The fourth-order valence-electron chi connectivity index (χ4n) is 2.78. The summed E-state index contributed by atoms with van der Waals surface area (Å²) >= 11 is 0. The summed E-state index contributed by atoms with van der Waals surface area (Å²) in [6.45, 7) is 2.77. The van der Waals surface area contributed by atoms with Gasteiger partial charge in [0.25, 0.3) is 0 Å². The standard InChI is InChI=1S/C19H21N4O5P/c1-2-23(12-10-17(24)28-13-29(25,26)27)19-14-7-3-4-8-15(14)21-18(22-19)16-9-5-6-11-20-16/h3-9,11H,2,10,12-13H2,1H3,(H2,25,26,27). The minimum atomic E-state index is -4.39. The van der Waals surface area contributed by atoms with Crippen LogP contribution in [0.25, 0.3) is 22.4 Å². The highest BCUT2D eigenvalue weighted by Crippen LogP contribution is 2.34. The van der Waals surface area contributed by atoms with Gasteiger partial charge < -0.3 is 19.4 Å². The van der Waals surface area contributed by atoms with Crippen LogP contribution in [0.4, 0.5) is 5.82 Å². The summed E-state index contributed by atoms with van der Waals surface area (Å²) in [7, 11) is -4.39. The smallest absolute Gasteiger partial charge is 0.362 e. The Bertz CT molecular complexity index is 1040. The Morgan fingerprint density at radius 1 is 1.14 bits per heavy atom. The molecule has 10 heteroatoms. The van der Waals surface area contributed by atoms with Gasteiger partial charge in [-0.05, 0) is 31.2 Å². The fraction of sp³-hybridized carbons (Fsp3) is 0.263. The van der Waals surface area contributed by atoms with Gasteiger partial charge in [0.2, 0.25) is 0 Å². The monoisotopic (exact) mass is 416 g/mol. The second kappa shape index (κ2) is 9.09. The minimum Gasteiger partial charge on any atom is -0.453 e. The molecule has 0 spiro atoms. The van der Waals surface area contributed by atoms with Crippen LogP contribution in [0.1, 0.15) is 13.3 Å². The zero-order valence-electron chi connectivity index (χ0n) is 15.8. The molecule has 0 atom stereocenters. The van der Waals surface area contributed by atoms with Gasteiger partial charge in [0, 0.05) is 24.7 Å². The van der Waals surface area contributed by atoms with Crippen molar-refractivity contribution in [1.29, 1.82) is 0 Å². The lowest BCUT2D eigenvalue weighted by Crippen LogP contribution is -2.28. The van der Waals surface area contributed by atoms with Crippen LogP contribution >= 0.6 is 7.60 Å². The lowest BCUT2D eigenvalue weighted by Gasteiger charge is -2.23. The molecule has 1 aromatic carbocycles. The van der Waals surface area contributed by atoms with Crippen LogP contribution in [-0.2, 0) is 14.1 Å². The summed E-state index contributed by atoms with van der Waals surface area (Å²) in [5, 5.41) is 0.831. The number of pyridine rings is 1. The first kappa shape index (κ1) is 20.9. The first-order chi connectivity index (χ1) is 13.9. The first-order valence-corrected chi connectivity index (χ1v) is 10.8. The number of nitrogens with zero attached hydrogens (tertiary/aromatic N) is 4. The molecule has 9 nitrogen and oxygen atoms in total. The van der Waals surface area contributed by atoms with Crippen LogP contribution in [0.2, 0.25) is 0 Å². The van der Waals surface area contributed by atoms with Gasteiger partial charge in [-0.25, -0.2) is 9.97 Å². The molecule has 0 aliphatic heterocycles. The van der Waals surface area contributed by atoms with Crippen molar-refractivity contribution in [2.75, 3.05) is 24.3 Å². The van der Waals surface area contributed by atoms with Gasteiger partial charge in [-0.15, -0.1) is 0 Å². The third-order valence-electron chi connectivity index (χ3n) is 4.14. The summed E-state index contributed by atoms with van der Waals surface area (Å²) in [4.78, 5) is 45.0. The van der Waals surface area contributed by atoms with Crippen LogP contribution in [-0.4, -0.2) is 50.1 Å². The molecule has 29 heavy (non-hydrogen) atoms. The molecule has 0 fully saturated rings. The predicted octanol–water partition coefficient (Wildman–Crippen LogP) is 2.59. The van der Waals surface area contributed by atoms with Crippen molar-refractivity contribution in [3.63, 3.8) is 0 Å². The number of ether oxygens (including phenoxy) is 1. The van der Waals surface area contributed by atoms with Gasteiger partial charge in [-0.1, -0.05) is 18.2 Å². The van der Waals surface area contributed by atoms with E-state index >= 15 is 0 Å². The number of para-hydroxylation sites is 1. The Kier molecular flexibility index (Phi) is 6.53. The Balaban J connectivity index is 1.87. The van der Waals surface area contributed by atoms with E-state index in [9.17, 15) is 9.36 Å². The molecule has 152 valence electrons. The molecule has 0 bridgehead atoms. The molecule has 2 aromatic heterocycles. The third kappa shape index (κ3) is 5.57. The maximum Gasteiger partial charge on any atom is 0.362 e. The number of benzene rings is 1. The zero-order chi connectivity index (χ0) is 20.9. The Morgan fingerprint density at radius 3 is 2.59 bits per heavy atom. The molecule has 2 heterocycles. The van der Waals surface area contributed by atoms with E-state index in [4.69, 9.17) is 9.79 Å². The van der Waals surface area contributed by atoms with Crippen molar-refractivity contribution in [3.05, 3.63) is 48.7 Å². The molecule has 2 N–H and O–H groups in total. The highest BCUT2D eigenvalue weighted by atomic mass is 31.2. The van der Waals surface area contributed by atoms with Gasteiger partial charge >= 0.3 is 13.6 Å². The number of rotatable bonds is 8. The van der Waals surface area contributed by atoms with E-state index < -0.39 is 19.9 Å². The quantitative estimate of drug-likeness (QED) is 0.421. The number of carbonyl (C=O) groups excluding carboxylic acids is 1. The van der Waals surface area contributed by atoms with Crippen LogP contribution in [0.3, 0.4) is 0 Å². The van der Waals surface area contributed by atoms with E-state index in [1.54, 1.807) is 6.20 Å². The molecule has 0 unspecified atom stereocenters. The SMILES string of the molecule is CCN(CCC(=O)OCP(=O)(O)O)c1nc(-c2ccccn2)nc2ccccc12. The van der Waals surface area contributed by atoms with Crippen molar-refractivity contribution in [1.82, 2.24) is 15.0 Å². The maximum absolute atomic E-state index is 11.9. The average molecular weight is 416 g/mol. The van der Waals surface area contributed by atoms with Gasteiger partial charge in [0.1, 0.15) is 11.5 Å². The largest absolute Gasteiger partial charge is 0.453 e. The lowest BCUT2D eigenvalue weighted by molar-refractivity contribution is -0.141. The van der Waals surface area contributed by atoms with Gasteiger partial charge in [0.05, 0.1) is 11.9 Å². The second-order valence-corrected chi connectivity index (χ2v) is 7.83. The van der Waals surface area contributed by atoms with E-state index in [-0.39, 0.29) is 13.0 Å². The van der Waals surface area contributed by atoms with E-state index in [1.807, 2.05) is 54.3 Å². The fourth-order valence-corrected chi connectivity index (χ4v) is 3.09. The molecular formula is C19H21N4O5P. The number of fused-ring (bicyclic) bond motifs is 1. The van der Waals surface area contributed by atoms with Crippen molar-refractivity contribution in [2.24, 2.45) is 0 Å². The number of carbonyl (C=O) groups is 1. The molecule has 0 saturated carbocycles. The second-order valence-electron chi connectivity index (χ2n) is 6.24. The Hall–Kier alpha value is -2.87. The summed E-state index contributed by atoms with van der Waals surface area (Å²) in [6.07, 6.45) is 0.714. The van der Waals surface area contributed by atoms with Crippen molar-refractivity contribution >= 4 is 30.3 Å². The molecule has 3 aromatic rings. The lowest BCUT2D eigenvalue weighted by atomic mass is 10.2. The third-order valence-corrected chi connectivity index (χ3v) is 4.60. The van der Waals surface area contributed by atoms with Crippen LogP contribution in [0.5, 0.6) is 0 Å². The van der Waals surface area contributed by atoms with E-state index in [1.165, 1.54) is 0 Å². The topological polar surface area (TPSA) is 126 Å². The molecule has 0 amide bonds. The Labute approximate surface area is 167 Å². The van der Waals surface area contributed by atoms with Crippen LogP contribution < -0.4 is 4.90 Å². The molecular weight excluding hydrogens is 395 g/mol. The van der Waals surface area contributed by atoms with Crippen LogP contribution in [0, 0.1) is 0 Å². The number of hydrogen-bond acceptors (Lipinski definition) is 7. The molecule has 0 aliphatic rings. The number of anilines is 1. The summed E-state index contributed by atoms with van der Waals surface area (Å²) in [5.74, 6) is 0.443. The van der Waals surface area contributed by atoms with Gasteiger partial charge in [-0.3, -0.25) is 14.3 Å². The molecule has 0 aliphatic carbocycles. The zero-order valence-corrected chi connectivity index (χ0v) is 16.7. The highest BCUT2D eigenvalue weighted by Gasteiger charge is 2.19. The highest BCUT2D eigenvalue weighted by molar-refractivity contribution is 7.51. The van der Waals surface area contributed by atoms with Crippen molar-refractivity contribution in [2.45, 2.75) is 13.3 Å². The van der Waals surface area contributed by atoms with Crippen LogP contribution in [0.15, 0.2) is 48.7 Å². The number of esters is 1. The maximum atomic E-state index is 11.9. The number of hydrogen-bond donors (Lipinski definition) is 2. The first-order valence-electron chi connectivity index (χ1n) is 9.00. The normalized spacial score (nSPS) is 11.4. The van der Waals surface area contributed by atoms with E-state index in [0.717, 1.165) is 10.9 Å². The van der Waals surface area contributed by atoms with Gasteiger partial charge in [0.15, 0.2) is 12.2 Å². The van der Waals surface area contributed by atoms with Gasteiger partial charge in [-0.2, -0.15) is 0 Å². The van der Waals surface area contributed by atoms with E-state index in [2.05, 4.69) is 19.7 Å². The van der Waals surface area contributed by atoms with Crippen molar-refractivity contribution in [3.8, 4) is 11.5 Å². The Morgan fingerprint density at radius 2 is 1.90 bits per heavy atom. The average Bonchev–Trinajstić information content (AvgIpc) is 2.72.